The maximum Gasteiger partial charge on any atom is 0.416 e. The van der Waals surface area contributed by atoms with Crippen LogP contribution < -0.4 is 4.90 Å². The summed E-state index contributed by atoms with van der Waals surface area (Å²) in [5.41, 5.74) is 0.346. The Bertz CT molecular complexity index is 726. The predicted octanol–water partition coefficient (Wildman–Crippen LogP) is 4.12. The molecule has 0 aliphatic rings. The lowest BCUT2D eigenvalue weighted by molar-refractivity contribution is 0.0542. The fourth-order valence-electron chi connectivity index (χ4n) is 1.97. The minimum absolute atomic E-state index is 0.0291. The van der Waals surface area contributed by atoms with E-state index in [0.717, 1.165) is 4.90 Å². The number of oxazole rings is 1. The van der Waals surface area contributed by atoms with E-state index in [4.69, 9.17) is 9.15 Å². The molecule has 0 aliphatic carbocycles. The Balaban J connectivity index is 2.33. The van der Waals surface area contributed by atoms with Crippen molar-refractivity contribution < 1.29 is 22.7 Å². The minimum Gasteiger partial charge on any atom is -0.444 e. The summed E-state index contributed by atoms with van der Waals surface area (Å²) in [5, 5.41) is 0. The van der Waals surface area contributed by atoms with Crippen LogP contribution in [0.25, 0.3) is 11.5 Å². The van der Waals surface area contributed by atoms with E-state index in [1.54, 1.807) is 26.8 Å². The Morgan fingerprint density at radius 3 is 2.72 bits per heavy atom. The molecule has 0 aliphatic heterocycles. The molecular weight excluding hydrogens is 332 g/mol. The molecule has 2 aromatic heterocycles. The van der Waals surface area contributed by atoms with Gasteiger partial charge in [-0.2, -0.15) is 0 Å². The molecule has 1 amide bonds. The summed E-state index contributed by atoms with van der Waals surface area (Å²) in [6.45, 7) is 7.84. The van der Waals surface area contributed by atoms with E-state index in [0.29, 0.717) is 23.6 Å². The fourth-order valence-corrected chi connectivity index (χ4v) is 1.97. The molecule has 6 nitrogen and oxygen atoms in total. The molecular formula is C17H20F2N3O3. The lowest BCUT2D eigenvalue weighted by Gasteiger charge is -2.26. The Hall–Kier alpha value is -2.51. The molecule has 0 saturated heterocycles. The quantitative estimate of drug-likeness (QED) is 0.810. The van der Waals surface area contributed by atoms with Crippen molar-refractivity contribution in [2.24, 2.45) is 0 Å². The largest absolute Gasteiger partial charge is 0.444 e. The number of hydrogen-bond donors (Lipinski definition) is 0. The first kappa shape index (κ1) is 18.8. The molecule has 2 aromatic rings. The van der Waals surface area contributed by atoms with Gasteiger partial charge >= 0.3 is 6.09 Å². The Labute approximate surface area is 144 Å². The van der Waals surface area contributed by atoms with Gasteiger partial charge in [0.2, 0.25) is 5.89 Å². The zero-order valence-corrected chi connectivity index (χ0v) is 14.3. The van der Waals surface area contributed by atoms with E-state index >= 15 is 0 Å². The van der Waals surface area contributed by atoms with Crippen molar-refractivity contribution in [1.29, 1.82) is 0 Å². The molecule has 135 valence electrons. The number of halogens is 2. The lowest BCUT2D eigenvalue weighted by Crippen LogP contribution is -2.40. The number of pyridine rings is 1. The molecule has 0 aromatic carbocycles. The van der Waals surface area contributed by atoms with Crippen molar-refractivity contribution in [2.75, 3.05) is 11.4 Å². The number of alkyl halides is 2. The van der Waals surface area contributed by atoms with Crippen molar-refractivity contribution >= 4 is 11.9 Å². The van der Waals surface area contributed by atoms with Gasteiger partial charge in [-0.1, -0.05) is 0 Å². The summed E-state index contributed by atoms with van der Waals surface area (Å²) < 4.78 is 36.4. The summed E-state index contributed by atoms with van der Waals surface area (Å²) >= 11 is 0. The normalized spacial score (nSPS) is 11.6. The number of rotatable bonds is 5. The minimum atomic E-state index is -2.74. The monoisotopic (exact) mass is 352 g/mol. The van der Waals surface area contributed by atoms with E-state index in [1.165, 1.54) is 18.5 Å². The average Bonchev–Trinajstić information content (AvgIpc) is 3.00. The predicted molar refractivity (Wildman–Crippen MR) is 88.4 cm³/mol. The van der Waals surface area contributed by atoms with Crippen LogP contribution in [-0.4, -0.2) is 34.6 Å². The third kappa shape index (κ3) is 5.23. The third-order valence-corrected chi connectivity index (χ3v) is 3.01. The molecule has 0 bridgehead atoms. The maximum absolute atomic E-state index is 12.9. The van der Waals surface area contributed by atoms with Crippen LogP contribution in [0.2, 0.25) is 0 Å². The number of hydrogen-bond acceptors (Lipinski definition) is 5. The Morgan fingerprint density at radius 2 is 2.16 bits per heavy atom. The highest BCUT2D eigenvalue weighted by molar-refractivity contribution is 5.87. The topological polar surface area (TPSA) is 68.5 Å². The second-order valence-corrected chi connectivity index (χ2v) is 6.28. The Morgan fingerprint density at radius 1 is 1.44 bits per heavy atom. The molecule has 0 unspecified atom stereocenters. The van der Waals surface area contributed by atoms with Crippen LogP contribution in [-0.2, 0) is 11.2 Å². The average molecular weight is 352 g/mol. The van der Waals surface area contributed by atoms with Gasteiger partial charge in [0.15, 0.2) is 0 Å². The molecule has 0 fully saturated rings. The number of aromatic nitrogens is 2. The van der Waals surface area contributed by atoms with Crippen LogP contribution in [0, 0.1) is 6.92 Å². The van der Waals surface area contributed by atoms with E-state index in [9.17, 15) is 13.6 Å². The van der Waals surface area contributed by atoms with Gasteiger partial charge in [-0.25, -0.2) is 23.5 Å². The number of amides is 1. The number of carbonyl (C=O) groups is 1. The van der Waals surface area contributed by atoms with Gasteiger partial charge in [0.05, 0.1) is 12.2 Å². The first-order valence-electron chi connectivity index (χ1n) is 7.68. The first-order chi connectivity index (χ1) is 11.7. The summed E-state index contributed by atoms with van der Waals surface area (Å²) in [4.78, 5) is 21.3. The fraction of sp³-hybridized carbons (Fsp3) is 0.412. The molecule has 1 radical (unpaired) electrons. The van der Waals surface area contributed by atoms with Crippen LogP contribution in [0.1, 0.15) is 26.5 Å². The van der Waals surface area contributed by atoms with Crippen LogP contribution >= 0.6 is 0 Å². The molecule has 0 N–H and O–H groups in total. The van der Waals surface area contributed by atoms with Crippen LogP contribution in [0.3, 0.4) is 0 Å². The number of carbonyl (C=O) groups excluding carboxylic acids is 1. The summed E-state index contributed by atoms with van der Waals surface area (Å²) in [7, 11) is 0. The van der Waals surface area contributed by atoms with Crippen molar-refractivity contribution in [2.45, 2.75) is 39.2 Å². The van der Waals surface area contributed by atoms with E-state index < -0.39 is 24.7 Å². The van der Waals surface area contributed by atoms with Gasteiger partial charge in [0, 0.05) is 11.8 Å². The molecule has 0 spiro atoms. The zero-order chi connectivity index (χ0) is 18.6. The van der Waals surface area contributed by atoms with Gasteiger partial charge in [0.25, 0.3) is 6.43 Å². The molecule has 0 saturated carbocycles. The van der Waals surface area contributed by atoms with Gasteiger partial charge in [-0.15, -0.1) is 0 Å². The van der Waals surface area contributed by atoms with Crippen LogP contribution in [0.5, 0.6) is 0 Å². The Kier molecular flexibility index (Phi) is 5.71. The summed E-state index contributed by atoms with van der Waals surface area (Å²) in [6.07, 6.45) is -0.327. The molecule has 25 heavy (non-hydrogen) atoms. The summed E-state index contributed by atoms with van der Waals surface area (Å²) in [6, 6.07) is 3.06. The van der Waals surface area contributed by atoms with Crippen molar-refractivity contribution in [3.05, 3.63) is 37.2 Å². The molecule has 2 heterocycles. The van der Waals surface area contributed by atoms with Crippen molar-refractivity contribution in [1.82, 2.24) is 9.97 Å². The third-order valence-electron chi connectivity index (χ3n) is 3.01. The second kappa shape index (κ2) is 7.58. The smallest absolute Gasteiger partial charge is 0.416 e. The number of nitrogens with zero attached hydrogens (tertiary/aromatic N) is 3. The summed E-state index contributed by atoms with van der Waals surface area (Å²) in [5.74, 6) is 0.324. The highest BCUT2D eigenvalue weighted by atomic mass is 19.3. The van der Waals surface area contributed by atoms with Crippen LogP contribution in [0.15, 0.2) is 29.0 Å². The van der Waals surface area contributed by atoms with Crippen molar-refractivity contribution in [3.63, 3.8) is 0 Å². The van der Waals surface area contributed by atoms with E-state index in [1.807, 2.05) is 0 Å². The first-order valence-corrected chi connectivity index (χ1v) is 7.68. The second-order valence-electron chi connectivity index (χ2n) is 6.28. The lowest BCUT2D eigenvalue weighted by atomic mass is 10.2. The standard InChI is InChI=1S/C17H20F2N3O3/c1-5-12-10-24-15(21-12)11-6-7-20-14(8-11)22(9-13(18)19)16(23)25-17(2,3)4/h6-8,10,13H,1,5,9H2,2-4H3. The highest BCUT2D eigenvalue weighted by Crippen LogP contribution is 2.24. The maximum atomic E-state index is 12.9. The number of anilines is 1. The molecule has 0 atom stereocenters. The van der Waals surface area contributed by atoms with Gasteiger partial charge in [0.1, 0.15) is 17.7 Å². The number of ether oxygens (including phenoxy) is 1. The van der Waals surface area contributed by atoms with Gasteiger partial charge in [-0.3, -0.25) is 4.90 Å². The molecule has 8 heteroatoms. The zero-order valence-electron chi connectivity index (χ0n) is 14.3. The highest BCUT2D eigenvalue weighted by Gasteiger charge is 2.27. The molecule has 2 rings (SSSR count). The van der Waals surface area contributed by atoms with Gasteiger partial charge in [-0.05, 0) is 46.2 Å². The SMILES string of the molecule is [CH2]Cc1coc(-c2ccnc(N(CC(F)F)C(=O)OC(C)(C)C)c2)n1. The van der Waals surface area contributed by atoms with Crippen molar-refractivity contribution in [3.8, 4) is 11.5 Å². The van der Waals surface area contributed by atoms with E-state index in [-0.39, 0.29) is 5.82 Å². The van der Waals surface area contributed by atoms with Crippen LogP contribution in [0.4, 0.5) is 19.4 Å². The van der Waals surface area contributed by atoms with E-state index in [2.05, 4.69) is 16.9 Å². The van der Waals surface area contributed by atoms with Gasteiger partial charge < -0.3 is 9.15 Å².